The number of ketones is 2. The zero-order chi connectivity index (χ0) is 27.5. The lowest BCUT2D eigenvalue weighted by Gasteiger charge is -2.50. The standard InChI is InChI=1S/C29H32N2O7/c1-31(2)23-18-13-16-12-17-15(9-8-14-6-4-3-5-7-14)10-11-19(32)21(17)24(33)20(16)26(35)29(18,38)27(36)22(25(23)34)28(30)37/h10-11,14,16,18,23,32,34-35,38H,3-7,12-13H2,1-2H3,(H2,30,37)/t16-,18+,23-,29-/m1/s1. The van der Waals surface area contributed by atoms with Gasteiger partial charge in [0.2, 0.25) is 5.78 Å². The van der Waals surface area contributed by atoms with Crippen molar-refractivity contribution in [2.24, 2.45) is 23.5 Å². The number of primary amides is 1. The zero-order valence-electron chi connectivity index (χ0n) is 21.5. The number of nitrogens with two attached hydrogens (primary N) is 1. The number of benzene rings is 1. The smallest absolute Gasteiger partial charge is 0.255 e. The van der Waals surface area contributed by atoms with Crippen LogP contribution in [0.15, 0.2) is 34.8 Å². The van der Waals surface area contributed by atoms with Crippen LogP contribution in [0.4, 0.5) is 0 Å². The molecule has 4 aliphatic carbocycles. The second-order valence-electron chi connectivity index (χ2n) is 11.1. The summed E-state index contributed by atoms with van der Waals surface area (Å²) >= 11 is 0. The number of carbonyl (C=O) groups is 3. The molecular weight excluding hydrogens is 488 g/mol. The minimum atomic E-state index is -2.64. The Hall–Kier alpha value is -3.61. The number of phenolic OH excluding ortho intramolecular Hbond substituents is 1. The van der Waals surface area contributed by atoms with E-state index in [1.165, 1.54) is 17.4 Å². The summed E-state index contributed by atoms with van der Waals surface area (Å²) in [6, 6.07) is 2.06. The highest BCUT2D eigenvalue weighted by atomic mass is 16.3. The summed E-state index contributed by atoms with van der Waals surface area (Å²) in [5.74, 6) is 0.231. The number of hydrogen-bond donors (Lipinski definition) is 5. The van der Waals surface area contributed by atoms with Crippen LogP contribution in [0.3, 0.4) is 0 Å². The molecule has 4 atom stereocenters. The minimum absolute atomic E-state index is 0.0128. The van der Waals surface area contributed by atoms with Crippen LogP contribution in [-0.2, 0) is 16.0 Å². The summed E-state index contributed by atoms with van der Waals surface area (Å²) in [5.41, 5.74) is 2.91. The van der Waals surface area contributed by atoms with Gasteiger partial charge in [0.15, 0.2) is 11.4 Å². The highest BCUT2D eigenvalue weighted by molar-refractivity contribution is 6.24. The van der Waals surface area contributed by atoms with Crippen molar-refractivity contribution in [3.63, 3.8) is 0 Å². The maximum atomic E-state index is 13.7. The molecule has 1 aromatic rings. The van der Waals surface area contributed by atoms with Crippen LogP contribution in [0.5, 0.6) is 5.75 Å². The van der Waals surface area contributed by atoms with Gasteiger partial charge in [-0.1, -0.05) is 31.1 Å². The molecule has 0 saturated heterocycles. The number of Topliss-reactive ketones (excluding diaryl/α,β-unsaturated/α-hetero) is 2. The molecule has 9 nitrogen and oxygen atoms in total. The van der Waals surface area contributed by atoms with Gasteiger partial charge in [0.1, 0.15) is 22.8 Å². The Bertz CT molecular complexity index is 1370. The number of phenols is 1. The van der Waals surface area contributed by atoms with Gasteiger partial charge in [-0.2, -0.15) is 0 Å². The molecule has 0 radical (unpaired) electrons. The highest BCUT2D eigenvalue weighted by Crippen LogP contribution is 2.52. The van der Waals surface area contributed by atoms with Crippen molar-refractivity contribution in [2.75, 3.05) is 14.1 Å². The summed E-state index contributed by atoms with van der Waals surface area (Å²) in [5, 5.41) is 44.5. The Kier molecular flexibility index (Phi) is 6.36. The molecule has 6 N–H and O–H groups in total. The summed E-state index contributed by atoms with van der Waals surface area (Å²) in [7, 11) is 3.20. The maximum absolute atomic E-state index is 13.7. The molecule has 4 aliphatic rings. The highest BCUT2D eigenvalue weighted by Gasteiger charge is 2.63. The van der Waals surface area contributed by atoms with E-state index in [4.69, 9.17) is 5.73 Å². The number of aliphatic hydroxyl groups excluding tert-OH is 2. The van der Waals surface area contributed by atoms with Gasteiger partial charge >= 0.3 is 0 Å². The van der Waals surface area contributed by atoms with Gasteiger partial charge in [-0.3, -0.25) is 19.3 Å². The lowest BCUT2D eigenvalue weighted by molar-refractivity contribution is -0.148. The van der Waals surface area contributed by atoms with E-state index in [2.05, 4.69) is 11.8 Å². The van der Waals surface area contributed by atoms with E-state index in [9.17, 15) is 34.8 Å². The van der Waals surface area contributed by atoms with Crippen LogP contribution in [0.1, 0.15) is 60.0 Å². The molecule has 1 fully saturated rings. The second-order valence-corrected chi connectivity index (χ2v) is 11.1. The SMILES string of the molecule is CN(C)[C@H]1C(O)=C(C(N)=O)C(=O)[C@]2(O)C(O)=C3C(=O)c4c(O)ccc(C#CC5CCCCC5)c4C[C@@H]3C[C@@H]12. The number of aromatic hydroxyl groups is 1. The second kappa shape index (κ2) is 9.29. The molecule has 0 aliphatic heterocycles. The van der Waals surface area contributed by atoms with E-state index in [1.54, 1.807) is 20.2 Å². The maximum Gasteiger partial charge on any atom is 0.255 e. The van der Waals surface area contributed by atoms with Crippen LogP contribution >= 0.6 is 0 Å². The van der Waals surface area contributed by atoms with Crippen molar-refractivity contribution in [1.29, 1.82) is 0 Å². The fourth-order valence-electron chi connectivity index (χ4n) is 6.79. The number of aliphatic hydroxyl groups is 3. The first-order chi connectivity index (χ1) is 18.0. The van der Waals surface area contributed by atoms with Gasteiger partial charge in [0.05, 0.1) is 11.6 Å². The van der Waals surface area contributed by atoms with Crippen molar-refractivity contribution < 1.29 is 34.8 Å². The predicted molar refractivity (Wildman–Crippen MR) is 137 cm³/mol. The molecule has 0 spiro atoms. The van der Waals surface area contributed by atoms with Crippen molar-refractivity contribution in [2.45, 2.75) is 56.6 Å². The third-order valence-corrected chi connectivity index (χ3v) is 8.62. The molecule has 0 aromatic heterocycles. The van der Waals surface area contributed by atoms with Crippen LogP contribution in [-0.4, -0.2) is 68.5 Å². The molecule has 1 aromatic carbocycles. The molecule has 0 bridgehead atoms. The molecule has 38 heavy (non-hydrogen) atoms. The van der Waals surface area contributed by atoms with E-state index < -0.39 is 58.0 Å². The number of carbonyl (C=O) groups excluding carboxylic acids is 3. The summed E-state index contributed by atoms with van der Waals surface area (Å²) in [4.78, 5) is 40.7. The third kappa shape index (κ3) is 3.74. The summed E-state index contributed by atoms with van der Waals surface area (Å²) < 4.78 is 0. The van der Waals surface area contributed by atoms with Crippen molar-refractivity contribution in [3.8, 4) is 17.6 Å². The topological polar surface area (TPSA) is 161 Å². The molecule has 1 saturated carbocycles. The van der Waals surface area contributed by atoms with Crippen LogP contribution in [0.2, 0.25) is 0 Å². The van der Waals surface area contributed by atoms with E-state index in [0.717, 1.165) is 25.7 Å². The molecular formula is C29H32N2O7. The number of hydrogen-bond acceptors (Lipinski definition) is 8. The van der Waals surface area contributed by atoms with Gasteiger partial charge in [0.25, 0.3) is 5.91 Å². The van der Waals surface area contributed by atoms with Crippen LogP contribution in [0.25, 0.3) is 0 Å². The van der Waals surface area contributed by atoms with Crippen molar-refractivity contribution in [3.05, 3.63) is 51.5 Å². The number of rotatable bonds is 2. The van der Waals surface area contributed by atoms with E-state index in [1.807, 2.05) is 0 Å². The Morgan fingerprint density at radius 3 is 2.42 bits per heavy atom. The Labute approximate surface area is 220 Å². The van der Waals surface area contributed by atoms with Crippen molar-refractivity contribution >= 4 is 17.5 Å². The first kappa shape index (κ1) is 26.0. The Morgan fingerprint density at radius 1 is 1.11 bits per heavy atom. The minimum Gasteiger partial charge on any atom is -0.510 e. The van der Waals surface area contributed by atoms with Gasteiger partial charge in [-0.25, -0.2) is 0 Å². The monoisotopic (exact) mass is 520 g/mol. The van der Waals surface area contributed by atoms with E-state index >= 15 is 0 Å². The van der Waals surface area contributed by atoms with Crippen molar-refractivity contribution in [1.82, 2.24) is 4.90 Å². The fourth-order valence-corrected chi connectivity index (χ4v) is 6.79. The van der Waals surface area contributed by atoms with Gasteiger partial charge in [-0.05, 0) is 63.4 Å². The van der Waals surface area contributed by atoms with Gasteiger partial charge in [-0.15, -0.1) is 0 Å². The lowest BCUT2D eigenvalue weighted by Crippen LogP contribution is -2.63. The normalized spacial score (nSPS) is 29.4. The number of fused-ring (bicyclic) bond motifs is 3. The number of nitrogens with zero attached hydrogens (tertiary/aromatic N) is 1. The average Bonchev–Trinajstić information content (AvgIpc) is 2.86. The molecule has 0 unspecified atom stereocenters. The lowest BCUT2D eigenvalue weighted by atomic mass is 9.58. The fraction of sp³-hybridized carbons (Fsp3) is 0.483. The Balaban J connectivity index is 1.64. The molecule has 9 heteroatoms. The molecule has 1 amide bonds. The number of likely N-dealkylation sites (N-methyl/N-ethyl adjacent to an activating group) is 1. The van der Waals surface area contributed by atoms with Gasteiger partial charge < -0.3 is 26.2 Å². The quantitative estimate of drug-likeness (QED) is 0.292. The molecule has 200 valence electrons. The first-order valence-corrected chi connectivity index (χ1v) is 13.0. The van der Waals surface area contributed by atoms with E-state index in [0.29, 0.717) is 11.1 Å². The summed E-state index contributed by atoms with van der Waals surface area (Å²) in [6.07, 6.45) is 5.82. The molecule has 5 rings (SSSR count). The number of amides is 1. The third-order valence-electron chi connectivity index (χ3n) is 8.62. The summed E-state index contributed by atoms with van der Waals surface area (Å²) in [6.45, 7) is 0. The predicted octanol–water partition coefficient (Wildman–Crippen LogP) is 2.05. The largest absolute Gasteiger partial charge is 0.510 e. The Morgan fingerprint density at radius 2 is 1.79 bits per heavy atom. The first-order valence-electron chi connectivity index (χ1n) is 13.0. The molecule has 0 heterocycles. The zero-order valence-corrected chi connectivity index (χ0v) is 21.5. The van der Waals surface area contributed by atoms with Crippen LogP contribution in [0, 0.1) is 29.6 Å². The van der Waals surface area contributed by atoms with Crippen LogP contribution < -0.4 is 5.73 Å². The van der Waals surface area contributed by atoms with E-state index in [-0.39, 0.29) is 35.6 Å². The average molecular weight is 521 g/mol. The number of allylic oxidation sites excluding steroid dienone is 1. The van der Waals surface area contributed by atoms with Gasteiger partial charge in [0, 0.05) is 23.0 Å².